The minimum Gasteiger partial charge on any atom is -0.336 e. The van der Waals surface area contributed by atoms with Crippen molar-refractivity contribution in [1.82, 2.24) is 4.98 Å². The molecule has 1 unspecified atom stereocenters. The number of rotatable bonds is 3. The first-order chi connectivity index (χ1) is 9.28. The number of carbonyl (C=O) groups is 1. The Morgan fingerprint density at radius 3 is 2.50 bits per heavy atom. The van der Waals surface area contributed by atoms with Crippen LogP contribution in [0.1, 0.15) is 0 Å². The average Bonchev–Trinajstić information content (AvgIpc) is 2.78. The first kappa shape index (κ1) is 15.2. The summed E-state index contributed by atoms with van der Waals surface area (Å²) in [6, 6.07) is 6.76. The minimum atomic E-state index is -5.44. The summed E-state index contributed by atoms with van der Waals surface area (Å²) >= 11 is 1.08. The van der Waals surface area contributed by atoms with Gasteiger partial charge in [-0.15, -0.1) is 11.3 Å². The topological polar surface area (TPSA) is 39.2 Å². The van der Waals surface area contributed by atoms with Crippen LogP contribution in [0.4, 0.5) is 17.6 Å². The van der Waals surface area contributed by atoms with E-state index in [2.05, 4.69) is 9.72 Å². The Kier molecular flexibility index (Phi) is 4.03. The van der Waals surface area contributed by atoms with E-state index in [4.69, 9.17) is 0 Å². The summed E-state index contributed by atoms with van der Waals surface area (Å²) in [5, 5.41) is -1.80. The molecule has 1 aromatic carbocycles. The molecular weight excluding hydrogens is 318 g/mol. The van der Waals surface area contributed by atoms with E-state index in [1.165, 1.54) is 0 Å². The van der Waals surface area contributed by atoms with Crippen molar-refractivity contribution in [3.63, 3.8) is 0 Å². The van der Waals surface area contributed by atoms with Crippen LogP contribution in [0, 0.1) is 0 Å². The lowest BCUT2D eigenvalue weighted by Gasteiger charge is -2.23. The number of hydrogen-bond acceptors (Lipinski definition) is 5. The molecule has 9 heteroatoms. The van der Waals surface area contributed by atoms with E-state index in [1.54, 1.807) is 24.3 Å². The van der Waals surface area contributed by atoms with Gasteiger partial charge in [-0.25, -0.2) is 4.98 Å². The molecule has 0 N–H and O–H groups in total. The third-order valence-corrected chi connectivity index (χ3v) is 4.41. The van der Waals surface area contributed by atoms with Gasteiger partial charge in [0.25, 0.3) is 5.12 Å². The molecule has 0 aliphatic heterocycles. The van der Waals surface area contributed by atoms with Gasteiger partial charge in [-0.3, -0.25) is 4.79 Å². The highest BCUT2D eigenvalue weighted by atomic mass is 32.2. The molecule has 1 atom stereocenters. The number of alkyl halides is 4. The Bertz CT molecular complexity index is 610. The van der Waals surface area contributed by atoms with Gasteiger partial charge in [-0.1, -0.05) is 12.1 Å². The van der Waals surface area contributed by atoms with Crippen molar-refractivity contribution in [2.75, 3.05) is 7.11 Å². The number of benzene rings is 1. The first-order valence-corrected chi connectivity index (χ1v) is 6.80. The largest absolute Gasteiger partial charge is 0.457 e. The number of aromatic nitrogens is 1. The van der Waals surface area contributed by atoms with Gasteiger partial charge >= 0.3 is 12.0 Å². The summed E-state index contributed by atoms with van der Waals surface area (Å²) in [6.45, 7) is 0. The summed E-state index contributed by atoms with van der Waals surface area (Å²) < 4.78 is 55.6. The molecule has 0 bridgehead atoms. The number of nitrogens with zero attached hydrogens (tertiary/aromatic N) is 1. The molecule has 0 fully saturated rings. The van der Waals surface area contributed by atoms with Crippen molar-refractivity contribution < 1.29 is 27.1 Å². The highest BCUT2D eigenvalue weighted by molar-refractivity contribution is 8.15. The second kappa shape index (κ2) is 5.30. The molecule has 1 aromatic heterocycles. The number of methoxy groups -OCH3 is 1. The first-order valence-electron chi connectivity index (χ1n) is 5.16. The number of carbonyl (C=O) groups excluding carboxylic acids is 1. The Morgan fingerprint density at radius 2 is 1.95 bits per heavy atom. The number of thioether (sulfide) groups is 1. The van der Waals surface area contributed by atoms with Crippen molar-refractivity contribution in [2.24, 2.45) is 0 Å². The molecular formula is C11H7F4NO2S2. The fraction of sp³-hybridized carbons (Fsp3) is 0.273. The third kappa shape index (κ3) is 2.65. The molecule has 108 valence electrons. The van der Waals surface area contributed by atoms with Crippen LogP contribution in [-0.2, 0) is 9.53 Å². The molecule has 2 rings (SSSR count). The van der Waals surface area contributed by atoms with Crippen LogP contribution in [-0.4, -0.2) is 29.2 Å². The van der Waals surface area contributed by atoms with E-state index in [0.717, 1.165) is 11.3 Å². The van der Waals surface area contributed by atoms with Crippen LogP contribution in [0.2, 0.25) is 0 Å². The molecule has 20 heavy (non-hydrogen) atoms. The van der Waals surface area contributed by atoms with E-state index >= 15 is 0 Å². The molecule has 0 aliphatic carbocycles. The highest BCUT2D eigenvalue weighted by Gasteiger charge is 2.63. The zero-order valence-electron chi connectivity index (χ0n) is 9.90. The molecule has 0 aliphatic rings. The molecule has 0 amide bonds. The highest BCUT2D eigenvalue weighted by Crippen LogP contribution is 2.41. The van der Waals surface area contributed by atoms with Gasteiger partial charge in [0, 0.05) is 7.11 Å². The summed E-state index contributed by atoms with van der Waals surface area (Å²) in [4.78, 5) is 15.5. The minimum absolute atomic E-state index is 0.0273. The number of hydrogen-bond donors (Lipinski definition) is 0. The maximum absolute atomic E-state index is 13.6. The summed E-state index contributed by atoms with van der Waals surface area (Å²) in [5.74, 6) is -4.34. The zero-order valence-corrected chi connectivity index (χ0v) is 11.5. The quantitative estimate of drug-likeness (QED) is 0.636. The van der Waals surface area contributed by atoms with Crippen molar-refractivity contribution in [3.05, 3.63) is 24.3 Å². The Morgan fingerprint density at radius 1 is 1.30 bits per heavy atom. The third-order valence-electron chi connectivity index (χ3n) is 2.36. The second-order valence-electron chi connectivity index (χ2n) is 3.63. The van der Waals surface area contributed by atoms with E-state index in [0.29, 0.717) is 17.3 Å². The number of fused-ring (bicyclic) bond motifs is 1. The number of para-hydroxylation sites is 1. The van der Waals surface area contributed by atoms with Crippen LogP contribution >= 0.6 is 23.1 Å². The van der Waals surface area contributed by atoms with Crippen molar-refractivity contribution >= 4 is 38.4 Å². The van der Waals surface area contributed by atoms with Gasteiger partial charge in [0.1, 0.15) is 0 Å². The fourth-order valence-corrected chi connectivity index (χ4v) is 3.35. The Balaban J connectivity index is 2.26. The lowest BCUT2D eigenvalue weighted by atomic mass is 10.3. The Hall–Kier alpha value is -1.19. The lowest BCUT2D eigenvalue weighted by Crippen LogP contribution is -2.48. The summed E-state index contributed by atoms with van der Waals surface area (Å²) in [5.41, 5.74) is 0.529. The lowest BCUT2D eigenvalue weighted by molar-refractivity contribution is -0.302. The second-order valence-corrected chi connectivity index (χ2v) is 5.88. The normalized spacial score (nSPS) is 15.2. The van der Waals surface area contributed by atoms with Gasteiger partial charge in [-0.2, -0.15) is 17.6 Å². The number of ether oxygens (including phenoxy) is 1. The van der Waals surface area contributed by atoms with Crippen molar-refractivity contribution in [3.8, 4) is 0 Å². The van der Waals surface area contributed by atoms with Gasteiger partial charge < -0.3 is 4.74 Å². The smallest absolute Gasteiger partial charge is 0.336 e. The molecule has 0 saturated carbocycles. The zero-order chi connectivity index (χ0) is 15.0. The van der Waals surface area contributed by atoms with Crippen LogP contribution in [0.15, 0.2) is 28.6 Å². The fourth-order valence-electron chi connectivity index (χ4n) is 1.35. The van der Waals surface area contributed by atoms with E-state index in [-0.39, 0.29) is 16.1 Å². The van der Waals surface area contributed by atoms with E-state index < -0.39 is 17.1 Å². The molecule has 0 saturated heterocycles. The monoisotopic (exact) mass is 325 g/mol. The van der Waals surface area contributed by atoms with Gasteiger partial charge in [0.05, 0.1) is 10.2 Å². The molecule has 2 aromatic rings. The van der Waals surface area contributed by atoms with Gasteiger partial charge in [0.2, 0.25) is 0 Å². The van der Waals surface area contributed by atoms with Crippen molar-refractivity contribution in [2.45, 2.75) is 16.4 Å². The van der Waals surface area contributed by atoms with Crippen LogP contribution in [0.5, 0.6) is 0 Å². The number of thiazole rings is 1. The molecule has 0 radical (unpaired) electrons. The maximum Gasteiger partial charge on any atom is 0.457 e. The summed E-state index contributed by atoms with van der Waals surface area (Å²) in [6.07, 6.45) is -5.44. The number of halogens is 4. The predicted octanol–water partition coefficient (Wildman–Crippen LogP) is 3.79. The molecule has 0 spiro atoms. The molecule has 1 heterocycles. The standard InChI is InChI=1S/C11H7F4NO2S2/c1-18-10(12,11(13,14)15)8(17)20-9-16-6-4-2-3-5-7(6)19-9/h2-5H,1H3. The predicted molar refractivity (Wildman–Crippen MR) is 67.4 cm³/mol. The van der Waals surface area contributed by atoms with Crippen LogP contribution in [0.3, 0.4) is 0 Å². The van der Waals surface area contributed by atoms with Crippen LogP contribution < -0.4 is 0 Å². The average molecular weight is 325 g/mol. The van der Waals surface area contributed by atoms with Gasteiger partial charge in [0.15, 0.2) is 4.34 Å². The van der Waals surface area contributed by atoms with E-state index in [1.807, 2.05) is 0 Å². The summed E-state index contributed by atoms with van der Waals surface area (Å²) in [7, 11) is 0.490. The van der Waals surface area contributed by atoms with Gasteiger partial charge in [-0.05, 0) is 23.9 Å². The van der Waals surface area contributed by atoms with E-state index in [9.17, 15) is 22.4 Å². The van der Waals surface area contributed by atoms with Crippen molar-refractivity contribution in [1.29, 1.82) is 0 Å². The molecule has 3 nitrogen and oxygen atoms in total. The maximum atomic E-state index is 13.6. The SMILES string of the molecule is COC(F)(C(=O)Sc1nc2ccccc2s1)C(F)(F)F. The van der Waals surface area contributed by atoms with Crippen LogP contribution in [0.25, 0.3) is 10.2 Å². The Labute approximate surface area is 118 Å².